The third-order valence-corrected chi connectivity index (χ3v) is 4.01. The number of urea groups is 1. The second kappa shape index (κ2) is 6.85. The zero-order chi connectivity index (χ0) is 15.4. The monoisotopic (exact) mass is 297 g/mol. The number of carbonyl (C=O) groups excluding carboxylic acids is 1. The Kier molecular flexibility index (Phi) is 5.12. The maximum absolute atomic E-state index is 13.5. The number of benzene rings is 1. The molecule has 0 spiro atoms. The molecule has 0 bridgehead atoms. The molecular weight excluding hydrogens is 276 g/mol. The fraction of sp³-hybridized carbons (Fsp3) is 0.533. The first-order chi connectivity index (χ1) is 10.0. The van der Waals surface area contributed by atoms with E-state index < -0.39 is 17.7 Å². The van der Waals surface area contributed by atoms with E-state index in [1.54, 1.807) is 4.90 Å². The Morgan fingerprint density at radius 2 is 1.81 bits per heavy atom. The van der Waals surface area contributed by atoms with Gasteiger partial charge in [-0.2, -0.15) is 0 Å². The molecule has 1 saturated heterocycles. The van der Waals surface area contributed by atoms with E-state index >= 15 is 0 Å². The highest BCUT2D eigenvalue weighted by Crippen LogP contribution is 2.19. The van der Waals surface area contributed by atoms with Crippen LogP contribution in [0.4, 0.5) is 19.3 Å². The molecule has 1 aliphatic rings. The number of hydrogen-bond donors (Lipinski definition) is 1. The Morgan fingerprint density at radius 1 is 1.24 bits per heavy atom. The number of anilines is 1. The minimum absolute atomic E-state index is 0.383. The first-order valence-corrected chi connectivity index (χ1v) is 7.27. The number of halogens is 2. The molecule has 0 radical (unpaired) electrons. The molecule has 1 aromatic rings. The second-order valence-electron chi connectivity index (χ2n) is 5.31. The van der Waals surface area contributed by atoms with E-state index in [1.807, 2.05) is 0 Å². The highest BCUT2D eigenvalue weighted by molar-refractivity contribution is 5.89. The summed E-state index contributed by atoms with van der Waals surface area (Å²) in [5.41, 5.74) is -0.383. The summed E-state index contributed by atoms with van der Waals surface area (Å²) in [5, 5.41) is 2.32. The molecule has 1 heterocycles. The average molecular weight is 297 g/mol. The Balaban J connectivity index is 1.94. The van der Waals surface area contributed by atoms with Gasteiger partial charge in [0, 0.05) is 32.2 Å². The largest absolute Gasteiger partial charge is 0.322 e. The molecule has 2 rings (SSSR count). The fourth-order valence-corrected chi connectivity index (χ4v) is 2.43. The zero-order valence-electron chi connectivity index (χ0n) is 12.4. The van der Waals surface area contributed by atoms with Crippen molar-refractivity contribution < 1.29 is 13.6 Å². The van der Waals surface area contributed by atoms with Gasteiger partial charge >= 0.3 is 6.03 Å². The van der Waals surface area contributed by atoms with Gasteiger partial charge in [0.15, 0.2) is 0 Å². The molecule has 1 aromatic carbocycles. The maximum atomic E-state index is 13.5. The van der Waals surface area contributed by atoms with Gasteiger partial charge in [-0.1, -0.05) is 13.0 Å². The minimum atomic E-state index is -0.762. The van der Waals surface area contributed by atoms with Crippen LogP contribution in [0.3, 0.4) is 0 Å². The third-order valence-electron chi connectivity index (χ3n) is 4.01. The normalized spacial score (nSPS) is 17.6. The van der Waals surface area contributed by atoms with Gasteiger partial charge in [0.1, 0.15) is 17.3 Å². The van der Waals surface area contributed by atoms with Crippen LogP contribution in [0.15, 0.2) is 18.2 Å². The van der Waals surface area contributed by atoms with E-state index in [4.69, 9.17) is 0 Å². The summed E-state index contributed by atoms with van der Waals surface area (Å²) < 4.78 is 27.0. The lowest BCUT2D eigenvalue weighted by molar-refractivity contribution is 0.117. The fourth-order valence-electron chi connectivity index (χ4n) is 2.43. The average Bonchev–Trinajstić information content (AvgIpc) is 2.50. The minimum Gasteiger partial charge on any atom is -0.322 e. The van der Waals surface area contributed by atoms with Crippen molar-refractivity contribution in [3.05, 3.63) is 29.8 Å². The predicted octanol–water partition coefficient (Wildman–Crippen LogP) is 2.91. The van der Waals surface area contributed by atoms with Crippen molar-refractivity contribution in [2.24, 2.45) is 0 Å². The van der Waals surface area contributed by atoms with E-state index in [-0.39, 0.29) is 5.69 Å². The number of nitrogens with zero attached hydrogens (tertiary/aromatic N) is 2. The molecular formula is C15H21F2N3O. The number of nitrogens with one attached hydrogen (secondary N) is 1. The van der Waals surface area contributed by atoms with E-state index in [1.165, 1.54) is 6.07 Å². The van der Waals surface area contributed by atoms with Gasteiger partial charge < -0.3 is 10.2 Å². The molecule has 6 heteroatoms. The van der Waals surface area contributed by atoms with Crippen LogP contribution < -0.4 is 5.32 Å². The van der Waals surface area contributed by atoms with Crippen molar-refractivity contribution in [2.75, 3.05) is 31.5 Å². The maximum Gasteiger partial charge on any atom is 0.322 e. The van der Waals surface area contributed by atoms with Gasteiger partial charge in [-0.05, 0) is 25.5 Å². The second-order valence-corrected chi connectivity index (χ2v) is 5.31. The predicted molar refractivity (Wildman–Crippen MR) is 78.3 cm³/mol. The standard InChI is InChI=1S/C15H21F2N3O/c1-3-11(2)19-7-9-20(10-8-19)15(21)18-14-12(16)5-4-6-13(14)17/h4-6,11H,3,7-10H2,1-2H3,(H,18,21). The summed E-state index contributed by atoms with van der Waals surface area (Å²) >= 11 is 0. The van der Waals surface area contributed by atoms with Crippen LogP contribution >= 0.6 is 0 Å². The lowest BCUT2D eigenvalue weighted by Crippen LogP contribution is -2.52. The summed E-state index contributed by atoms with van der Waals surface area (Å²) in [7, 11) is 0. The summed E-state index contributed by atoms with van der Waals surface area (Å²) in [5.74, 6) is -1.52. The summed E-state index contributed by atoms with van der Waals surface area (Å²) in [6.07, 6.45) is 1.06. The highest BCUT2D eigenvalue weighted by atomic mass is 19.1. The van der Waals surface area contributed by atoms with Crippen LogP contribution in [0.2, 0.25) is 0 Å². The SMILES string of the molecule is CCC(C)N1CCN(C(=O)Nc2c(F)cccc2F)CC1. The lowest BCUT2D eigenvalue weighted by Gasteiger charge is -2.37. The number of para-hydroxylation sites is 1. The van der Waals surface area contributed by atoms with Gasteiger partial charge in [-0.3, -0.25) is 4.90 Å². The van der Waals surface area contributed by atoms with Crippen molar-refractivity contribution in [2.45, 2.75) is 26.3 Å². The smallest absolute Gasteiger partial charge is 0.322 e. The molecule has 116 valence electrons. The van der Waals surface area contributed by atoms with Crippen LogP contribution in [0.1, 0.15) is 20.3 Å². The van der Waals surface area contributed by atoms with Gasteiger partial charge in [-0.15, -0.1) is 0 Å². The molecule has 1 atom stereocenters. The van der Waals surface area contributed by atoms with Crippen LogP contribution in [-0.4, -0.2) is 48.1 Å². The molecule has 21 heavy (non-hydrogen) atoms. The van der Waals surface area contributed by atoms with Crippen molar-refractivity contribution in [3.63, 3.8) is 0 Å². The topological polar surface area (TPSA) is 35.6 Å². The molecule has 4 nitrogen and oxygen atoms in total. The number of rotatable bonds is 3. The van der Waals surface area contributed by atoms with Crippen molar-refractivity contribution in [1.82, 2.24) is 9.80 Å². The Labute approximate surface area is 123 Å². The van der Waals surface area contributed by atoms with Crippen molar-refractivity contribution in [3.8, 4) is 0 Å². The molecule has 0 aromatic heterocycles. The number of amides is 2. The molecule has 0 saturated carbocycles. The summed E-state index contributed by atoms with van der Waals surface area (Å²) in [6.45, 7) is 6.97. The third kappa shape index (κ3) is 3.69. The van der Waals surface area contributed by atoms with Gasteiger partial charge in [-0.25, -0.2) is 13.6 Å². The van der Waals surface area contributed by atoms with Crippen LogP contribution in [0.25, 0.3) is 0 Å². The lowest BCUT2D eigenvalue weighted by atomic mass is 10.2. The van der Waals surface area contributed by atoms with Crippen LogP contribution in [0, 0.1) is 11.6 Å². The van der Waals surface area contributed by atoms with Crippen molar-refractivity contribution in [1.29, 1.82) is 0 Å². The van der Waals surface area contributed by atoms with Crippen LogP contribution in [-0.2, 0) is 0 Å². The molecule has 1 aliphatic heterocycles. The van der Waals surface area contributed by atoms with Gasteiger partial charge in [0.25, 0.3) is 0 Å². The molecule has 2 amide bonds. The molecule has 1 unspecified atom stereocenters. The number of hydrogen-bond acceptors (Lipinski definition) is 2. The van der Waals surface area contributed by atoms with Crippen molar-refractivity contribution >= 4 is 11.7 Å². The van der Waals surface area contributed by atoms with E-state index in [9.17, 15) is 13.6 Å². The Hall–Kier alpha value is -1.69. The van der Waals surface area contributed by atoms with E-state index in [0.717, 1.165) is 31.6 Å². The summed E-state index contributed by atoms with van der Waals surface area (Å²) in [4.78, 5) is 16.0. The molecule has 0 aliphatic carbocycles. The van der Waals surface area contributed by atoms with Crippen LogP contribution in [0.5, 0.6) is 0 Å². The first kappa shape index (κ1) is 15.7. The number of carbonyl (C=O) groups is 1. The Bertz CT molecular complexity index is 481. The molecule has 1 N–H and O–H groups in total. The van der Waals surface area contributed by atoms with Gasteiger partial charge in [0.2, 0.25) is 0 Å². The quantitative estimate of drug-likeness (QED) is 0.931. The van der Waals surface area contributed by atoms with E-state index in [2.05, 4.69) is 24.1 Å². The first-order valence-electron chi connectivity index (χ1n) is 7.27. The molecule has 1 fully saturated rings. The van der Waals surface area contributed by atoms with E-state index in [0.29, 0.717) is 19.1 Å². The van der Waals surface area contributed by atoms with Gasteiger partial charge in [0.05, 0.1) is 0 Å². The Morgan fingerprint density at radius 3 is 2.33 bits per heavy atom. The zero-order valence-corrected chi connectivity index (χ0v) is 12.4. The highest BCUT2D eigenvalue weighted by Gasteiger charge is 2.24. The summed E-state index contributed by atoms with van der Waals surface area (Å²) in [6, 6.07) is 3.55. The number of piperazine rings is 1.